The van der Waals surface area contributed by atoms with E-state index >= 15 is 0 Å². The number of fused-ring (bicyclic) bond motifs is 1. The summed E-state index contributed by atoms with van der Waals surface area (Å²) in [6.45, 7) is 2.13. The highest BCUT2D eigenvalue weighted by molar-refractivity contribution is 5.79. The average molecular weight is 245 g/mol. The van der Waals surface area contributed by atoms with Crippen molar-refractivity contribution in [1.82, 2.24) is 5.32 Å². The molecular formula is C15H19NO2. The first-order chi connectivity index (χ1) is 8.84. The molecule has 0 aromatic heterocycles. The molecule has 3 heteroatoms. The summed E-state index contributed by atoms with van der Waals surface area (Å²) in [6, 6.07) is 8.13. The zero-order valence-corrected chi connectivity index (χ0v) is 10.5. The molecule has 1 aliphatic carbocycles. The summed E-state index contributed by atoms with van der Waals surface area (Å²) in [5.74, 6) is 0.610. The van der Waals surface area contributed by atoms with Gasteiger partial charge in [-0.25, -0.2) is 0 Å². The van der Waals surface area contributed by atoms with E-state index in [1.54, 1.807) is 0 Å². The number of carbonyl (C=O) groups is 1. The van der Waals surface area contributed by atoms with Crippen LogP contribution in [0.1, 0.15) is 36.3 Å². The predicted molar refractivity (Wildman–Crippen MR) is 69.2 cm³/mol. The monoisotopic (exact) mass is 245 g/mol. The van der Waals surface area contributed by atoms with Crippen LogP contribution in [0.2, 0.25) is 0 Å². The van der Waals surface area contributed by atoms with E-state index in [1.807, 2.05) is 18.2 Å². The van der Waals surface area contributed by atoms with Gasteiger partial charge in [0.2, 0.25) is 0 Å². The molecule has 1 heterocycles. The molecule has 96 valence electrons. The van der Waals surface area contributed by atoms with Crippen molar-refractivity contribution in [2.75, 3.05) is 13.2 Å². The zero-order valence-electron chi connectivity index (χ0n) is 10.5. The van der Waals surface area contributed by atoms with Crippen molar-refractivity contribution in [2.45, 2.75) is 31.7 Å². The number of hydrogen-bond donors (Lipinski definition) is 1. The molecule has 0 amide bonds. The number of carbonyl (C=O) groups excluding carboxylic acids is 1. The van der Waals surface area contributed by atoms with Gasteiger partial charge in [0.25, 0.3) is 0 Å². The molecule has 0 bridgehead atoms. The molecule has 1 unspecified atom stereocenters. The maximum atomic E-state index is 12.1. The van der Waals surface area contributed by atoms with E-state index in [2.05, 4.69) is 11.4 Å². The van der Waals surface area contributed by atoms with Gasteiger partial charge >= 0.3 is 5.97 Å². The van der Waals surface area contributed by atoms with Crippen LogP contribution in [0.3, 0.4) is 0 Å². The van der Waals surface area contributed by atoms with Crippen LogP contribution in [0.5, 0.6) is 0 Å². The number of benzene rings is 1. The number of hydrogen-bond acceptors (Lipinski definition) is 3. The van der Waals surface area contributed by atoms with Gasteiger partial charge in [-0.05, 0) is 23.5 Å². The summed E-state index contributed by atoms with van der Waals surface area (Å²) in [6.07, 6.45) is 3.66. The van der Waals surface area contributed by atoms with E-state index in [9.17, 15) is 4.79 Å². The van der Waals surface area contributed by atoms with Crippen LogP contribution >= 0.6 is 0 Å². The molecule has 0 spiro atoms. The molecule has 1 aromatic rings. The lowest BCUT2D eigenvalue weighted by Gasteiger charge is -2.24. The lowest BCUT2D eigenvalue weighted by atomic mass is 9.91. The Labute approximate surface area is 108 Å². The standard InChI is InChI=1S/C15H19NO2/c17-15(18-8-7-11-5-6-11)14-10-16-9-12-3-1-2-4-13(12)14/h1-4,11,14,16H,5-10H2. The van der Waals surface area contributed by atoms with Gasteiger partial charge in [-0.1, -0.05) is 37.1 Å². The third-order valence-electron chi connectivity index (χ3n) is 3.85. The molecule has 1 fully saturated rings. The molecule has 18 heavy (non-hydrogen) atoms. The van der Waals surface area contributed by atoms with Crippen LogP contribution in [-0.4, -0.2) is 19.1 Å². The summed E-state index contributed by atoms with van der Waals surface area (Å²) < 4.78 is 5.41. The molecular weight excluding hydrogens is 226 g/mol. The van der Waals surface area contributed by atoms with Crippen molar-refractivity contribution in [1.29, 1.82) is 0 Å². The van der Waals surface area contributed by atoms with E-state index in [4.69, 9.17) is 4.74 Å². The van der Waals surface area contributed by atoms with Crippen LogP contribution < -0.4 is 5.32 Å². The normalized spacial score (nSPS) is 22.3. The first-order valence-electron chi connectivity index (χ1n) is 6.80. The lowest BCUT2D eigenvalue weighted by molar-refractivity contribution is -0.145. The van der Waals surface area contributed by atoms with Gasteiger partial charge < -0.3 is 10.1 Å². The predicted octanol–water partition coefficient (Wildman–Crippen LogP) is 2.22. The maximum Gasteiger partial charge on any atom is 0.314 e. The highest BCUT2D eigenvalue weighted by atomic mass is 16.5. The van der Waals surface area contributed by atoms with Gasteiger partial charge in [0, 0.05) is 13.1 Å². The van der Waals surface area contributed by atoms with E-state index < -0.39 is 0 Å². The van der Waals surface area contributed by atoms with Gasteiger partial charge in [0.15, 0.2) is 0 Å². The van der Waals surface area contributed by atoms with E-state index in [-0.39, 0.29) is 11.9 Å². The second kappa shape index (κ2) is 5.11. The summed E-state index contributed by atoms with van der Waals surface area (Å²) >= 11 is 0. The summed E-state index contributed by atoms with van der Waals surface area (Å²) in [4.78, 5) is 12.1. The molecule has 1 aliphatic heterocycles. The molecule has 1 atom stereocenters. The third kappa shape index (κ3) is 2.56. The van der Waals surface area contributed by atoms with Crippen molar-refractivity contribution < 1.29 is 9.53 Å². The second-order valence-corrected chi connectivity index (χ2v) is 5.28. The molecule has 0 radical (unpaired) electrons. The van der Waals surface area contributed by atoms with Crippen molar-refractivity contribution >= 4 is 5.97 Å². The fourth-order valence-corrected chi connectivity index (χ4v) is 2.54. The smallest absolute Gasteiger partial charge is 0.314 e. The minimum Gasteiger partial charge on any atom is -0.465 e. The fraction of sp³-hybridized carbons (Fsp3) is 0.533. The number of ether oxygens (including phenoxy) is 1. The molecule has 3 rings (SSSR count). The minimum absolute atomic E-state index is 0.0738. The zero-order chi connectivity index (χ0) is 12.4. The van der Waals surface area contributed by atoms with Crippen LogP contribution in [0.25, 0.3) is 0 Å². The maximum absolute atomic E-state index is 12.1. The van der Waals surface area contributed by atoms with Gasteiger partial charge in [0.1, 0.15) is 0 Å². The Bertz CT molecular complexity index is 440. The van der Waals surface area contributed by atoms with Crippen molar-refractivity contribution in [3.8, 4) is 0 Å². The minimum atomic E-state index is -0.130. The SMILES string of the molecule is O=C(OCCC1CC1)C1CNCc2ccccc21. The fourth-order valence-electron chi connectivity index (χ4n) is 2.54. The van der Waals surface area contributed by atoms with Crippen LogP contribution in [-0.2, 0) is 16.1 Å². The lowest BCUT2D eigenvalue weighted by Crippen LogP contribution is -2.33. The summed E-state index contributed by atoms with van der Waals surface area (Å²) in [5.41, 5.74) is 2.35. The Morgan fingerprint density at radius 1 is 1.33 bits per heavy atom. The van der Waals surface area contributed by atoms with Crippen LogP contribution in [0, 0.1) is 5.92 Å². The third-order valence-corrected chi connectivity index (χ3v) is 3.85. The van der Waals surface area contributed by atoms with E-state index in [0.29, 0.717) is 13.2 Å². The Morgan fingerprint density at radius 3 is 3.00 bits per heavy atom. The van der Waals surface area contributed by atoms with Crippen molar-refractivity contribution in [3.63, 3.8) is 0 Å². The van der Waals surface area contributed by atoms with Crippen molar-refractivity contribution in [2.24, 2.45) is 5.92 Å². The van der Waals surface area contributed by atoms with Crippen molar-refractivity contribution in [3.05, 3.63) is 35.4 Å². The number of esters is 1. The Hall–Kier alpha value is -1.35. The molecule has 0 saturated heterocycles. The molecule has 2 aliphatic rings. The Kier molecular flexibility index (Phi) is 3.33. The van der Waals surface area contributed by atoms with Gasteiger partial charge in [0.05, 0.1) is 12.5 Å². The molecule has 1 saturated carbocycles. The molecule has 1 aromatic carbocycles. The summed E-state index contributed by atoms with van der Waals surface area (Å²) in [5, 5.41) is 3.28. The first kappa shape index (κ1) is 11.7. The van der Waals surface area contributed by atoms with Gasteiger partial charge in [-0.3, -0.25) is 4.79 Å². The number of rotatable bonds is 4. The van der Waals surface area contributed by atoms with E-state index in [0.717, 1.165) is 24.4 Å². The summed E-state index contributed by atoms with van der Waals surface area (Å²) in [7, 11) is 0. The van der Waals surface area contributed by atoms with Gasteiger partial charge in [-0.15, -0.1) is 0 Å². The first-order valence-corrected chi connectivity index (χ1v) is 6.80. The quantitative estimate of drug-likeness (QED) is 0.827. The van der Waals surface area contributed by atoms with Crippen LogP contribution in [0.15, 0.2) is 24.3 Å². The van der Waals surface area contributed by atoms with Crippen LogP contribution in [0.4, 0.5) is 0 Å². The largest absolute Gasteiger partial charge is 0.465 e. The highest BCUT2D eigenvalue weighted by Crippen LogP contribution is 2.32. The Morgan fingerprint density at radius 2 is 2.17 bits per heavy atom. The average Bonchev–Trinajstić information content (AvgIpc) is 3.22. The Balaban J connectivity index is 1.62. The molecule has 3 nitrogen and oxygen atoms in total. The molecule has 1 N–H and O–H groups in total. The second-order valence-electron chi connectivity index (χ2n) is 5.28. The number of nitrogens with one attached hydrogen (secondary N) is 1. The van der Waals surface area contributed by atoms with E-state index in [1.165, 1.54) is 18.4 Å². The van der Waals surface area contributed by atoms with Gasteiger partial charge in [-0.2, -0.15) is 0 Å². The highest BCUT2D eigenvalue weighted by Gasteiger charge is 2.28. The topological polar surface area (TPSA) is 38.3 Å².